The van der Waals surface area contributed by atoms with Gasteiger partial charge in [0.15, 0.2) is 0 Å². The van der Waals surface area contributed by atoms with E-state index in [0.717, 1.165) is 17.1 Å². The van der Waals surface area contributed by atoms with Gasteiger partial charge in [0.25, 0.3) is 0 Å². The number of nitrogens with zero attached hydrogens (tertiary/aromatic N) is 1. The Balaban J connectivity index is 1.28. The summed E-state index contributed by atoms with van der Waals surface area (Å²) in [5.74, 6) is 0. The average Bonchev–Trinajstić information content (AvgIpc) is 3.37. The SMILES string of the molecule is CC1(C)c2ccc(N(c3cccc(-c4ccccc4)c3)c3ccc4ccccc4c3)cc2-c2cc(-c3ccccc3)c3ccccc3c21. The van der Waals surface area contributed by atoms with E-state index in [4.69, 9.17) is 0 Å². The van der Waals surface area contributed by atoms with Crippen molar-refractivity contribution in [1.82, 2.24) is 0 Å². The van der Waals surface area contributed by atoms with Crippen LogP contribution in [0.15, 0.2) is 176 Å². The molecule has 0 N–H and O–H groups in total. The van der Waals surface area contributed by atoms with Gasteiger partial charge in [-0.15, -0.1) is 0 Å². The van der Waals surface area contributed by atoms with Crippen molar-refractivity contribution < 1.29 is 0 Å². The molecule has 8 aromatic rings. The smallest absolute Gasteiger partial charge is 0.0468 e. The van der Waals surface area contributed by atoms with Gasteiger partial charge in [-0.3, -0.25) is 0 Å². The molecule has 0 saturated heterocycles. The molecule has 0 aliphatic heterocycles. The van der Waals surface area contributed by atoms with E-state index >= 15 is 0 Å². The van der Waals surface area contributed by atoms with Crippen LogP contribution in [0.1, 0.15) is 25.0 Å². The van der Waals surface area contributed by atoms with Crippen molar-refractivity contribution in [3.05, 3.63) is 187 Å². The second kappa shape index (κ2) is 11.1. The van der Waals surface area contributed by atoms with Crippen LogP contribution in [0.3, 0.4) is 0 Å². The first-order chi connectivity index (χ1) is 23.6. The predicted octanol–water partition coefficient (Wildman–Crippen LogP) is 13.1. The molecular formula is C47H35N. The highest BCUT2D eigenvalue weighted by Gasteiger charge is 2.38. The van der Waals surface area contributed by atoms with Crippen molar-refractivity contribution in [1.29, 1.82) is 0 Å². The summed E-state index contributed by atoms with van der Waals surface area (Å²) in [4.78, 5) is 2.42. The summed E-state index contributed by atoms with van der Waals surface area (Å²) in [5, 5.41) is 5.10. The van der Waals surface area contributed by atoms with Crippen molar-refractivity contribution in [3.8, 4) is 33.4 Å². The average molecular weight is 614 g/mol. The zero-order valence-corrected chi connectivity index (χ0v) is 27.2. The van der Waals surface area contributed by atoms with Gasteiger partial charge >= 0.3 is 0 Å². The van der Waals surface area contributed by atoms with Crippen LogP contribution < -0.4 is 4.90 Å². The van der Waals surface area contributed by atoms with Gasteiger partial charge in [0, 0.05) is 22.5 Å². The third-order valence-corrected chi connectivity index (χ3v) is 10.2. The first-order valence-corrected chi connectivity index (χ1v) is 16.8. The second-order valence-electron chi connectivity index (χ2n) is 13.4. The van der Waals surface area contributed by atoms with E-state index in [1.807, 2.05) is 0 Å². The van der Waals surface area contributed by atoms with Crippen molar-refractivity contribution in [2.75, 3.05) is 4.90 Å². The molecule has 1 heteroatoms. The molecule has 1 nitrogen and oxygen atoms in total. The Kier molecular flexibility index (Phi) is 6.55. The Bertz CT molecular complexity index is 2470. The van der Waals surface area contributed by atoms with E-state index in [1.165, 1.54) is 66.1 Å². The van der Waals surface area contributed by atoms with E-state index in [1.54, 1.807) is 0 Å². The molecule has 0 spiro atoms. The summed E-state index contributed by atoms with van der Waals surface area (Å²) in [6.07, 6.45) is 0. The summed E-state index contributed by atoms with van der Waals surface area (Å²) in [6.45, 7) is 4.77. The minimum atomic E-state index is -0.140. The molecular weight excluding hydrogens is 579 g/mol. The van der Waals surface area contributed by atoms with E-state index in [-0.39, 0.29) is 5.41 Å². The van der Waals surface area contributed by atoms with Crippen LogP contribution in [-0.4, -0.2) is 0 Å². The molecule has 1 aliphatic carbocycles. The largest absolute Gasteiger partial charge is 0.310 e. The zero-order valence-electron chi connectivity index (χ0n) is 27.2. The van der Waals surface area contributed by atoms with Crippen LogP contribution in [0, 0.1) is 0 Å². The van der Waals surface area contributed by atoms with E-state index < -0.39 is 0 Å². The third kappa shape index (κ3) is 4.54. The Morgan fingerprint density at radius 2 is 0.979 bits per heavy atom. The molecule has 228 valence electrons. The molecule has 1 aliphatic rings. The monoisotopic (exact) mass is 613 g/mol. The van der Waals surface area contributed by atoms with Crippen molar-refractivity contribution in [3.63, 3.8) is 0 Å². The van der Waals surface area contributed by atoms with Crippen LogP contribution in [0.2, 0.25) is 0 Å². The number of benzene rings is 8. The normalized spacial score (nSPS) is 13.0. The lowest BCUT2D eigenvalue weighted by atomic mass is 9.79. The predicted molar refractivity (Wildman–Crippen MR) is 205 cm³/mol. The minimum absolute atomic E-state index is 0.140. The van der Waals surface area contributed by atoms with Crippen molar-refractivity contribution in [2.24, 2.45) is 0 Å². The number of hydrogen-bond donors (Lipinski definition) is 0. The number of anilines is 3. The van der Waals surface area contributed by atoms with Crippen molar-refractivity contribution in [2.45, 2.75) is 19.3 Å². The number of hydrogen-bond acceptors (Lipinski definition) is 1. The van der Waals surface area contributed by atoms with E-state index in [0.29, 0.717) is 0 Å². The van der Waals surface area contributed by atoms with Gasteiger partial charge in [-0.1, -0.05) is 147 Å². The molecule has 9 rings (SSSR count). The summed E-state index contributed by atoms with van der Waals surface area (Å²) < 4.78 is 0. The van der Waals surface area contributed by atoms with E-state index in [2.05, 4.69) is 195 Å². The van der Waals surface area contributed by atoms with Crippen LogP contribution in [0.4, 0.5) is 17.1 Å². The molecule has 0 amide bonds. The highest BCUT2D eigenvalue weighted by molar-refractivity contribution is 6.06. The summed E-state index contributed by atoms with van der Waals surface area (Å²) in [5.41, 5.74) is 13.6. The van der Waals surface area contributed by atoms with Crippen molar-refractivity contribution >= 4 is 38.6 Å². The Labute approximate surface area is 282 Å². The Morgan fingerprint density at radius 1 is 0.375 bits per heavy atom. The summed E-state index contributed by atoms with van der Waals surface area (Å²) in [7, 11) is 0. The summed E-state index contributed by atoms with van der Waals surface area (Å²) in [6, 6.07) is 64.3. The van der Waals surface area contributed by atoms with Crippen LogP contribution in [0.5, 0.6) is 0 Å². The molecule has 0 unspecified atom stereocenters. The molecule has 0 heterocycles. The fourth-order valence-electron chi connectivity index (χ4n) is 7.91. The Morgan fingerprint density at radius 3 is 1.77 bits per heavy atom. The quantitative estimate of drug-likeness (QED) is 0.187. The van der Waals surface area contributed by atoms with Gasteiger partial charge < -0.3 is 4.90 Å². The highest BCUT2D eigenvalue weighted by atomic mass is 15.1. The molecule has 48 heavy (non-hydrogen) atoms. The third-order valence-electron chi connectivity index (χ3n) is 10.2. The maximum absolute atomic E-state index is 2.45. The van der Waals surface area contributed by atoms with Gasteiger partial charge in [-0.25, -0.2) is 0 Å². The second-order valence-corrected chi connectivity index (χ2v) is 13.4. The van der Waals surface area contributed by atoms with Gasteiger partial charge in [-0.05, 0) is 109 Å². The van der Waals surface area contributed by atoms with Crippen LogP contribution >= 0.6 is 0 Å². The van der Waals surface area contributed by atoms with Gasteiger partial charge in [0.1, 0.15) is 0 Å². The van der Waals surface area contributed by atoms with Crippen LogP contribution in [-0.2, 0) is 5.41 Å². The molecule has 0 bridgehead atoms. The van der Waals surface area contributed by atoms with Crippen LogP contribution in [0.25, 0.3) is 54.9 Å². The lowest BCUT2D eigenvalue weighted by molar-refractivity contribution is 0.666. The summed E-state index contributed by atoms with van der Waals surface area (Å²) >= 11 is 0. The highest BCUT2D eigenvalue weighted by Crippen LogP contribution is 2.54. The lowest BCUT2D eigenvalue weighted by Gasteiger charge is -2.28. The molecule has 8 aromatic carbocycles. The fourth-order valence-corrected chi connectivity index (χ4v) is 7.91. The van der Waals surface area contributed by atoms with Gasteiger partial charge in [0.2, 0.25) is 0 Å². The maximum atomic E-state index is 2.45. The maximum Gasteiger partial charge on any atom is 0.0468 e. The van der Waals surface area contributed by atoms with E-state index in [9.17, 15) is 0 Å². The first-order valence-electron chi connectivity index (χ1n) is 16.8. The lowest BCUT2D eigenvalue weighted by Crippen LogP contribution is -2.16. The zero-order chi connectivity index (χ0) is 32.2. The molecule has 0 fully saturated rings. The number of rotatable bonds is 5. The topological polar surface area (TPSA) is 3.24 Å². The minimum Gasteiger partial charge on any atom is -0.310 e. The van der Waals surface area contributed by atoms with Gasteiger partial charge in [0.05, 0.1) is 0 Å². The standard InChI is InChI=1S/C47H35N/c1-47(2)45-27-26-39(30-43(45)44-31-42(34-17-7-4-8-18-34)40-22-11-12-23-41(40)46(44)47)48(38-25-24-33-16-9-10-19-35(33)29-38)37-21-13-20-36(28-37)32-14-5-3-6-15-32/h3-31H,1-2H3. The molecule has 0 aromatic heterocycles. The Hall–Kier alpha value is -5.92. The number of fused-ring (bicyclic) bond motifs is 6. The molecule has 0 atom stereocenters. The van der Waals surface area contributed by atoms with Gasteiger partial charge in [-0.2, -0.15) is 0 Å². The fraction of sp³-hybridized carbons (Fsp3) is 0.0638. The molecule has 0 saturated carbocycles. The molecule has 0 radical (unpaired) electrons. The first kappa shape index (κ1) is 28.3.